The summed E-state index contributed by atoms with van der Waals surface area (Å²) in [6, 6.07) is -0.667. The van der Waals surface area contributed by atoms with E-state index in [-0.39, 0.29) is 18.2 Å². The van der Waals surface area contributed by atoms with Crippen LogP contribution in [0, 0.1) is 0 Å². The quantitative estimate of drug-likeness (QED) is 0.470. The van der Waals surface area contributed by atoms with Crippen LogP contribution < -0.4 is 15.8 Å². The van der Waals surface area contributed by atoms with Crippen LogP contribution in [0.4, 0.5) is 0 Å². The zero-order chi connectivity index (χ0) is 11.9. The molecule has 0 aromatic heterocycles. The van der Waals surface area contributed by atoms with Gasteiger partial charge in [0.25, 0.3) is 0 Å². The molecule has 1 atom stereocenters. The van der Waals surface area contributed by atoms with E-state index in [2.05, 4.69) is 16.6 Å². The van der Waals surface area contributed by atoms with E-state index < -0.39 is 16.1 Å². The minimum absolute atomic E-state index is 0.0485. The Morgan fingerprint density at radius 2 is 2.20 bits per heavy atom. The van der Waals surface area contributed by atoms with Crippen molar-refractivity contribution in [3.05, 3.63) is 12.7 Å². The maximum absolute atomic E-state index is 11.2. The first-order valence-electron chi connectivity index (χ1n) is 4.48. The number of nitrogens with two attached hydrogens (primary N) is 1. The topological polar surface area (TPSA) is 101 Å². The van der Waals surface area contributed by atoms with Crippen LogP contribution in [0.1, 0.15) is 6.42 Å². The molecule has 15 heavy (non-hydrogen) atoms. The van der Waals surface area contributed by atoms with Crippen molar-refractivity contribution in [2.45, 2.75) is 12.5 Å². The second-order valence-electron chi connectivity index (χ2n) is 2.94. The van der Waals surface area contributed by atoms with Crippen molar-refractivity contribution < 1.29 is 13.2 Å². The van der Waals surface area contributed by atoms with Gasteiger partial charge in [-0.25, -0.2) is 13.1 Å². The van der Waals surface area contributed by atoms with Crippen LogP contribution >= 0.6 is 0 Å². The van der Waals surface area contributed by atoms with Crippen LogP contribution in [-0.4, -0.2) is 39.7 Å². The van der Waals surface area contributed by atoms with Gasteiger partial charge in [0.2, 0.25) is 15.9 Å². The summed E-state index contributed by atoms with van der Waals surface area (Å²) >= 11 is 0. The van der Waals surface area contributed by atoms with E-state index in [1.165, 1.54) is 13.1 Å². The fourth-order valence-electron chi connectivity index (χ4n) is 0.828. The smallest absolute Gasteiger partial charge is 0.237 e. The number of sulfonamides is 1. The molecule has 0 aliphatic heterocycles. The largest absolute Gasteiger partial charge is 0.354 e. The molecule has 0 rings (SSSR count). The Hall–Kier alpha value is -0.920. The summed E-state index contributed by atoms with van der Waals surface area (Å²) in [6.45, 7) is 3.50. The standard InChI is InChI=1S/C8H17N3O3S/c1-3-4-7(9)8(12)11-5-6-15(13,14)10-2/h3,7,10H,1,4-6,9H2,2H3,(H,11,12). The molecule has 0 aromatic carbocycles. The number of hydrogen-bond donors (Lipinski definition) is 3. The van der Waals surface area contributed by atoms with Crippen LogP contribution in [0.5, 0.6) is 0 Å². The van der Waals surface area contributed by atoms with Gasteiger partial charge in [0.15, 0.2) is 0 Å². The molecule has 0 bridgehead atoms. The van der Waals surface area contributed by atoms with Gasteiger partial charge in [-0.05, 0) is 13.5 Å². The lowest BCUT2D eigenvalue weighted by molar-refractivity contribution is -0.122. The van der Waals surface area contributed by atoms with Crippen molar-refractivity contribution >= 4 is 15.9 Å². The minimum atomic E-state index is -3.28. The molecule has 0 aliphatic rings. The van der Waals surface area contributed by atoms with Gasteiger partial charge in [-0.3, -0.25) is 4.79 Å². The highest BCUT2D eigenvalue weighted by Crippen LogP contribution is 1.88. The van der Waals surface area contributed by atoms with Gasteiger partial charge >= 0.3 is 0 Å². The van der Waals surface area contributed by atoms with E-state index in [1.807, 2.05) is 0 Å². The highest BCUT2D eigenvalue weighted by atomic mass is 32.2. The molecule has 0 fully saturated rings. The van der Waals surface area contributed by atoms with Gasteiger partial charge in [0, 0.05) is 6.54 Å². The van der Waals surface area contributed by atoms with E-state index in [0.29, 0.717) is 6.42 Å². The molecule has 0 aromatic rings. The van der Waals surface area contributed by atoms with Gasteiger partial charge in [0.1, 0.15) is 0 Å². The highest BCUT2D eigenvalue weighted by molar-refractivity contribution is 7.89. The van der Waals surface area contributed by atoms with Crippen molar-refractivity contribution in [2.24, 2.45) is 5.73 Å². The predicted octanol–water partition coefficient (Wildman–Crippen LogP) is -1.44. The number of carbonyl (C=O) groups excluding carboxylic acids is 1. The number of carbonyl (C=O) groups is 1. The number of hydrogen-bond acceptors (Lipinski definition) is 4. The Bertz CT molecular complexity index is 313. The third kappa shape index (κ3) is 6.21. The van der Waals surface area contributed by atoms with Gasteiger partial charge in [-0.15, -0.1) is 6.58 Å². The lowest BCUT2D eigenvalue weighted by Gasteiger charge is -2.09. The first-order valence-corrected chi connectivity index (χ1v) is 6.13. The molecule has 0 saturated heterocycles. The van der Waals surface area contributed by atoms with E-state index in [4.69, 9.17) is 5.73 Å². The summed E-state index contributed by atoms with van der Waals surface area (Å²) in [6.07, 6.45) is 1.90. The molecule has 0 spiro atoms. The molecule has 0 aliphatic carbocycles. The molecule has 7 heteroatoms. The van der Waals surface area contributed by atoms with Gasteiger partial charge in [0.05, 0.1) is 11.8 Å². The van der Waals surface area contributed by atoms with Crippen LogP contribution in [0.25, 0.3) is 0 Å². The second kappa shape index (κ2) is 6.54. The van der Waals surface area contributed by atoms with Crippen LogP contribution in [-0.2, 0) is 14.8 Å². The summed E-state index contributed by atoms with van der Waals surface area (Å²) in [4.78, 5) is 11.2. The Morgan fingerprint density at radius 1 is 1.60 bits per heavy atom. The SMILES string of the molecule is C=CCC(N)C(=O)NCCS(=O)(=O)NC. The van der Waals surface area contributed by atoms with E-state index >= 15 is 0 Å². The average Bonchev–Trinajstić information content (AvgIpc) is 2.18. The van der Waals surface area contributed by atoms with Crippen molar-refractivity contribution in [1.82, 2.24) is 10.0 Å². The molecular weight excluding hydrogens is 218 g/mol. The van der Waals surface area contributed by atoms with E-state index in [0.717, 1.165) is 0 Å². The molecule has 4 N–H and O–H groups in total. The fourth-order valence-corrected chi connectivity index (χ4v) is 1.40. The van der Waals surface area contributed by atoms with E-state index in [9.17, 15) is 13.2 Å². The van der Waals surface area contributed by atoms with Crippen molar-refractivity contribution in [3.63, 3.8) is 0 Å². The van der Waals surface area contributed by atoms with Crippen molar-refractivity contribution in [2.75, 3.05) is 19.3 Å². The Kier molecular flexibility index (Phi) is 6.14. The summed E-state index contributed by atoms with van der Waals surface area (Å²) in [5, 5.41) is 2.43. The predicted molar refractivity (Wildman–Crippen MR) is 58.6 cm³/mol. The van der Waals surface area contributed by atoms with Crippen molar-refractivity contribution in [3.8, 4) is 0 Å². The second-order valence-corrected chi connectivity index (χ2v) is 4.99. The number of rotatable bonds is 7. The third-order valence-corrected chi connectivity index (χ3v) is 3.10. The third-order valence-electron chi connectivity index (χ3n) is 1.74. The lowest BCUT2D eigenvalue weighted by atomic mass is 10.2. The highest BCUT2D eigenvalue weighted by Gasteiger charge is 2.12. The summed E-state index contributed by atoms with van der Waals surface area (Å²) in [7, 11) is -1.96. The van der Waals surface area contributed by atoms with Gasteiger partial charge in [-0.2, -0.15) is 0 Å². The average molecular weight is 235 g/mol. The molecule has 88 valence electrons. The van der Waals surface area contributed by atoms with Gasteiger partial charge < -0.3 is 11.1 Å². The molecule has 1 amide bonds. The molecule has 6 nitrogen and oxygen atoms in total. The molecule has 0 radical (unpaired) electrons. The van der Waals surface area contributed by atoms with E-state index in [1.54, 1.807) is 0 Å². The summed E-state index contributed by atoms with van der Waals surface area (Å²) < 4.78 is 24.1. The maximum Gasteiger partial charge on any atom is 0.237 e. The Balaban J connectivity index is 3.87. The molecular formula is C8H17N3O3S. The normalized spacial score (nSPS) is 13.2. The summed E-state index contributed by atoms with van der Waals surface area (Å²) in [5.74, 6) is -0.531. The Morgan fingerprint density at radius 3 is 2.67 bits per heavy atom. The zero-order valence-corrected chi connectivity index (χ0v) is 9.51. The maximum atomic E-state index is 11.2. The lowest BCUT2D eigenvalue weighted by Crippen LogP contribution is -2.42. The van der Waals surface area contributed by atoms with Crippen LogP contribution in [0.3, 0.4) is 0 Å². The van der Waals surface area contributed by atoms with Crippen LogP contribution in [0.15, 0.2) is 12.7 Å². The first-order chi connectivity index (χ1) is 6.93. The number of nitrogens with one attached hydrogen (secondary N) is 2. The molecule has 1 unspecified atom stereocenters. The monoisotopic (exact) mass is 235 g/mol. The van der Waals surface area contributed by atoms with Crippen LogP contribution in [0.2, 0.25) is 0 Å². The minimum Gasteiger partial charge on any atom is -0.354 e. The molecule has 0 saturated carbocycles. The fraction of sp³-hybridized carbons (Fsp3) is 0.625. The molecule has 0 heterocycles. The zero-order valence-electron chi connectivity index (χ0n) is 8.69. The first kappa shape index (κ1) is 14.1. The Labute approximate surface area is 90.0 Å². The van der Waals surface area contributed by atoms with Gasteiger partial charge in [-0.1, -0.05) is 6.08 Å². The summed E-state index contributed by atoms with van der Waals surface area (Å²) in [5.41, 5.74) is 5.46. The van der Waals surface area contributed by atoms with Crippen molar-refractivity contribution in [1.29, 1.82) is 0 Å². The number of amides is 1.